The van der Waals surface area contributed by atoms with E-state index in [1.807, 2.05) is 67.7 Å². The Hall–Kier alpha value is -4.04. The summed E-state index contributed by atoms with van der Waals surface area (Å²) in [5.41, 5.74) is 5.92. The highest BCUT2D eigenvalue weighted by molar-refractivity contribution is 7.80. The second kappa shape index (κ2) is 10.3. The van der Waals surface area contributed by atoms with Gasteiger partial charge in [0.25, 0.3) is 0 Å². The summed E-state index contributed by atoms with van der Waals surface area (Å²) in [7, 11) is 0. The van der Waals surface area contributed by atoms with Gasteiger partial charge < -0.3 is 20.1 Å². The lowest BCUT2D eigenvalue weighted by molar-refractivity contribution is -0.116. The van der Waals surface area contributed by atoms with Gasteiger partial charge in [0.05, 0.1) is 29.7 Å². The minimum Gasteiger partial charge on any atom is -0.352 e. The van der Waals surface area contributed by atoms with E-state index in [0.717, 1.165) is 34.0 Å². The number of hydrogen-bond acceptors (Lipinski definition) is 4. The number of thiocarbonyl (C=S) groups is 1. The van der Waals surface area contributed by atoms with Gasteiger partial charge in [0, 0.05) is 42.4 Å². The molecule has 3 aromatic heterocycles. The van der Waals surface area contributed by atoms with Gasteiger partial charge in [0.15, 0.2) is 5.11 Å². The number of amides is 1. The third kappa shape index (κ3) is 4.85. The van der Waals surface area contributed by atoms with E-state index in [1.165, 1.54) is 0 Å². The first-order chi connectivity index (χ1) is 17.5. The number of benzene rings is 1. The van der Waals surface area contributed by atoms with Crippen molar-refractivity contribution in [1.82, 2.24) is 24.8 Å². The molecule has 36 heavy (non-hydrogen) atoms. The lowest BCUT2D eigenvalue weighted by atomic mass is 10.0. The third-order valence-corrected chi connectivity index (χ3v) is 6.75. The van der Waals surface area contributed by atoms with Crippen molar-refractivity contribution in [3.05, 3.63) is 108 Å². The Morgan fingerprint density at radius 3 is 2.69 bits per heavy atom. The smallest absolute Gasteiger partial charge is 0.226 e. The number of aryl methyl sites for hydroxylation is 2. The fraction of sp³-hybridized carbons (Fsp3) is 0.214. The molecule has 0 radical (unpaired) electrons. The minimum atomic E-state index is -0.164. The Bertz CT molecular complexity index is 1370. The predicted octanol–water partition coefficient (Wildman–Crippen LogP) is 4.89. The average molecular weight is 497 g/mol. The lowest BCUT2D eigenvalue weighted by Crippen LogP contribution is -2.33. The largest absolute Gasteiger partial charge is 0.352 e. The Labute approximate surface area is 216 Å². The maximum Gasteiger partial charge on any atom is 0.226 e. The van der Waals surface area contributed by atoms with Crippen molar-refractivity contribution >= 4 is 28.9 Å². The molecular weight excluding hydrogens is 468 g/mol. The summed E-state index contributed by atoms with van der Waals surface area (Å²) in [6, 6.07) is 21.6. The molecule has 0 saturated carbocycles. The van der Waals surface area contributed by atoms with Crippen LogP contribution < -0.4 is 10.6 Å². The van der Waals surface area contributed by atoms with Gasteiger partial charge in [-0.25, -0.2) is 0 Å². The second-order valence-electron chi connectivity index (χ2n) is 8.93. The van der Waals surface area contributed by atoms with Crippen molar-refractivity contribution in [3.63, 3.8) is 0 Å². The molecule has 7 nitrogen and oxygen atoms in total. The van der Waals surface area contributed by atoms with Crippen LogP contribution in [0, 0.1) is 13.8 Å². The molecule has 0 spiro atoms. The number of carbonyl (C=O) groups excluding carboxylic acids is 1. The van der Waals surface area contributed by atoms with E-state index in [4.69, 9.17) is 12.2 Å². The number of pyridine rings is 2. The summed E-state index contributed by atoms with van der Waals surface area (Å²) < 4.78 is 2.20. The van der Waals surface area contributed by atoms with Crippen molar-refractivity contribution in [2.24, 2.45) is 0 Å². The standard InChI is InChI=1S/C28H28N6OS/c1-19-7-5-8-21(17-19)31-25(35)13-16-33-27(26(32-28(33)36)23-10-3-4-15-30-23)24-12-11-20(2)34(24)22-9-6-14-29-18-22/h3-12,14-15,17-18,26-27H,13,16H2,1-2H3,(H,31,35)(H,32,36)/t26-,27-/m1/s1. The summed E-state index contributed by atoms with van der Waals surface area (Å²) in [4.78, 5) is 23.9. The van der Waals surface area contributed by atoms with Crippen molar-refractivity contribution < 1.29 is 4.79 Å². The molecule has 0 bridgehead atoms. The highest BCUT2D eigenvalue weighted by Crippen LogP contribution is 2.40. The van der Waals surface area contributed by atoms with Crippen LogP contribution in [0.25, 0.3) is 5.69 Å². The van der Waals surface area contributed by atoms with Gasteiger partial charge in [-0.3, -0.25) is 14.8 Å². The Morgan fingerprint density at radius 1 is 1.06 bits per heavy atom. The molecule has 182 valence electrons. The van der Waals surface area contributed by atoms with E-state index in [1.54, 1.807) is 12.4 Å². The number of nitrogens with one attached hydrogen (secondary N) is 2. The number of rotatable bonds is 7. The highest BCUT2D eigenvalue weighted by Gasteiger charge is 2.41. The van der Waals surface area contributed by atoms with Crippen LogP contribution in [0.4, 0.5) is 5.69 Å². The van der Waals surface area contributed by atoms with Crippen LogP contribution in [-0.4, -0.2) is 37.0 Å². The summed E-state index contributed by atoms with van der Waals surface area (Å²) in [5.74, 6) is -0.0535. The zero-order chi connectivity index (χ0) is 25.1. The summed E-state index contributed by atoms with van der Waals surface area (Å²) in [6.07, 6.45) is 5.71. The highest BCUT2D eigenvalue weighted by atomic mass is 32.1. The summed E-state index contributed by atoms with van der Waals surface area (Å²) in [6.45, 7) is 4.55. The first kappa shape index (κ1) is 23.7. The zero-order valence-electron chi connectivity index (χ0n) is 20.3. The van der Waals surface area contributed by atoms with Crippen molar-refractivity contribution in [1.29, 1.82) is 0 Å². The van der Waals surface area contributed by atoms with E-state index >= 15 is 0 Å². The van der Waals surface area contributed by atoms with Crippen LogP contribution in [0.15, 0.2) is 85.3 Å². The zero-order valence-corrected chi connectivity index (χ0v) is 21.1. The Balaban J connectivity index is 1.46. The first-order valence-corrected chi connectivity index (χ1v) is 12.4. The van der Waals surface area contributed by atoms with Crippen LogP contribution in [0.1, 0.15) is 41.1 Å². The van der Waals surface area contributed by atoms with E-state index in [2.05, 4.69) is 49.1 Å². The van der Waals surface area contributed by atoms with Gasteiger partial charge in [0.2, 0.25) is 5.91 Å². The lowest BCUT2D eigenvalue weighted by Gasteiger charge is -2.29. The quantitative estimate of drug-likeness (QED) is 0.355. The molecule has 5 rings (SSSR count). The molecule has 4 heterocycles. The van der Waals surface area contributed by atoms with E-state index < -0.39 is 0 Å². The average Bonchev–Trinajstić information content (AvgIpc) is 3.42. The van der Waals surface area contributed by atoms with Crippen LogP contribution >= 0.6 is 12.2 Å². The normalized spacial score (nSPS) is 17.2. The molecule has 1 aliphatic rings. The molecule has 1 saturated heterocycles. The maximum atomic E-state index is 12.8. The van der Waals surface area contributed by atoms with E-state index in [0.29, 0.717) is 18.1 Å². The minimum absolute atomic E-state index is 0.0535. The molecule has 0 aliphatic carbocycles. The number of carbonyl (C=O) groups is 1. The van der Waals surface area contributed by atoms with Gasteiger partial charge in [-0.05, 0) is 80.2 Å². The second-order valence-corrected chi connectivity index (χ2v) is 9.32. The number of nitrogens with zero attached hydrogens (tertiary/aromatic N) is 4. The fourth-order valence-corrected chi connectivity index (χ4v) is 5.10. The molecule has 2 N–H and O–H groups in total. The molecule has 1 amide bonds. The molecule has 2 atom stereocenters. The topological polar surface area (TPSA) is 75.1 Å². The van der Waals surface area contributed by atoms with Crippen LogP contribution in [0.3, 0.4) is 0 Å². The van der Waals surface area contributed by atoms with Gasteiger partial charge in [0.1, 0.15) is 0 Å². The predicted molar refractivity (Wildman–Crippen MR) is 145 cm³/mol. The SMILES string of the molecule is Cc1cccc(NC(=O)CCN2C(=S)N[C@H](c3ccccn3)[C@H]2c2ccc(C)n2-c2cccnc2)c1. The maximum absolute atomic E-state index is 12.8. The molecule has 8 heteroatoms. The molecule has 1 aliphatic heterocycles. The Morgan fingerprint density at radius 2 is 1.94 bits per heavy atom. The fourth-order valence-electron chi connectivity index (χ4n) is 4.76. The van der Waals surface area contributed by atoms with Crippen molar-refractivity contribution in [2.75, 3.05) is 11.9 Å². The third-order valence-electron chi connectivity index (χ3n) is 6.39. The Kier molecular flexibility index (Phi) is 6.77. The number of anilines is 1. The van der Waals surface area contributed by atoms with Gasteiger partial charge in [-0.1, -0.05) is 18.2 Å². The molecular formula is C28H28N6OS. The molecule has 4 aromatic rings. The van der Waals surface area contributed by atoms with Crippen LogP contribution in [0.5, 0.6) is 0 Å². The summed E-state index contributed by atoms with van der Waals surface area (Å²) in [5, 5.41) is 7.08. The molecule has 1 aromatic carbocycles. The molecule has 1 fully saturated rings. The van der Waals surface area contributed by atoms with Gasteiger partial charge in [-0.15, -0.1) is 0 Å². The monoisotopic (exact) mass is 496 g/mol. The number of hydrogen-bond donors (Lipinski definition) is 2. The first-order valence-electron chi connectivity index (χ1n) is 11.9. The van der Waals surface area contributed by atoms with E-state index in [9.17, 15) is 4.79 Å². The van der Waals surface area contributed by atoms with Crippen LogP contribution in [-0.2, 0) is 4.79 Å². The van der Waals surface area contributed by atoms with Crippen molar-refractivity contribution in [3.8, 4) is 5.69 Å². The van der Waals surface area contributed by atoms with Gasteiger partial charge in [-0.2, -0.15) is 0 Å². The van der Waals surface area contributed by atoms with E-state index in [-0.39, 0.29) is 18.0 Å². The summed E-state index contributed by atoms with van der Waals surface area (Å²) >= 11 is 5.79. The number of aromatic nitrogens is 3. The molecule has 0 unspecified atom stereocenters. The van der Waals surface area contributed by atoms with Crippen molar-refractivity contribution in [2.45, 2.75) is 32.4 Å². The van der Waals surface area contributed by atoms with Crippen LogP contribution in [0.2, 0.25) is 0 Å². The van der Waals surface area contributed by atoms with Gasteiger partial charge >= 0.3 is 0 Å².